The molecule has 1 rings (SSSR count). The van der Waals surface area contributed by atoms with E-state index in [4.69, 9.17) is 4.74 Å². The SMILES string of the molecule is CCCCC(=O)[C@@](C(=O)N(C)[C@@H](Cc1ccccc1)C(=O)OC(C)(C)C)(C(C)C)N(C)C(=O)C(C)O. The van der Waals surface area contributed by atoms with Crippen molar-refractivity contribution >= 4 is 23.6 Å². The molecule has 0 fully saturated rings. The molecular formula is C28H44N2O6. The van der Waals surface area contributed by atoms with Gasteiger partial charge in [-0.2, -0.15) is 0 Å². The summed E-state index contributed by atoms with van der Waals surface area (Å²) in [4.78, 5) is 56.6. The van der Waals surface area contributed by atoms with E-state index in [1.54, 1.807) is 34.6 Å². The summed E-state index contributed by atoms with van der Waals surface area (Å²) in [5.74, 6) is -3.07. The van der Waals surface area contributed by atoms with E-state index in [-0.39, 0.29) is 12.8 Å². The van der Waals surface area contributed by atoms with Gasteiger partial charge in [-0.1, -0.05) is 57.5 Å². The smallest absolute Gasteiger partial charge is 0.329 e. The molecule has 0 aromatic heterocycles. The van der Waals surface area contributed by atoms with Gasteiger partial charge in [0, 0.05) is 26.9 Å². The van der Waals surface area contributed by atoms with E-state index < -0.39 is 52.8 Å². The second-order valence-electron chi connectivity index (χ2n) is 10.7. The standard InChI is InChI=1S/C28H44N2O6/c1-10-11-17-23(32)28(19(2)3,30(9)24(33)20(4)31)26(35)29(8)22(25(34)36-27(5,6)7)18-21-15-13-12-14-16-21/h12-16,19-20,22,31H,10-11,17-18H2,1-9H3/t20?,22-,28+/m0/s1. The van der Waals surface area contributed by atoms with Crippen LogP contribution >= 0.6 is 0 Å². The van der Waals surface area contributed by atoms with E-state index in [1.165, 1.54) is 25.9 Å². The molecule has 0 aliphatic carbocycles. The highest BCUT2D eigenvalue weighted by atomic mass is 16.6. The van der Waals surface area contributed by atoms with E-state index in [9.17, 15) is 24.3 Å². The third-order valence-corrected chi connectivity index (χ3v) is 6.30. The lowest BCUT2D eigenvalue weighted by atomic mass is 9.77. The van der Waals surface area contributed by atoms with Crippen molar-refractivity contribution in [2.24, 2.45) is 5.92 Å². The van der Waals surface area contributed by atoms with Crippen LogP contribution in [0.3, 0.4) is 0 Å². The highest BCUT2D eigenvalue weighted by Gasteiger charge is 2.55. The summed E-state index contributed by atoms with van der Waals surface area (Å²) in [7, 11) is 2.83. The Hall–Kier alpha value is -2.74. The van der Waals surface area contributed by atoms with Crippen LogP contribution in [0, 0.1) is 5.92 Å². The fourth-order valence-electron chi connectivity index (χ4n) is 4.38. The number of hydrogen-bond donors (Lipinski definition) is 1. The summed E-state index contributed by atoms with van der Waals surface area (Å²) in [6.07, 6.45) is 0.119. The van der Waals surface area contributed by atoms with Crippen molar-refractivity contribution in [1.82, 2.24) is 9.80 Å². The number of esters is 1. The molecular weight excluding hydrogens is 460 g/mol. The van der Waals surface area contributed by atoms with Crippen LogP contribution in [-0.2, 0) is 30.3 Å². The molecule has 0 spiro atoms. The monoisotopic (exact) mass is 504 g/mol. The van der Waals surface area contributed by atoms with E-state index in [0.717, 1.165) is 16.9 Å². The molecule has 202 valence electrons. The number of benzene rings is 1. The molecule has 8 nitrogen and oxygen atoms in total. The largest absolute Gasteiger partial charge is 0.458 e. The number of carbonyl (C=O) groups excluding carboxylic acids is 4. The summed E-state index contributed by atoms with van der Waals surface area (Å²) in [5.41, 5.74) is -1.87. The molecule has 2 amide bonds. The van der Waals surface area contributed by atoms with Crippen molar-refractivity contribution in [3.05, 3.63) is 35.9 Å². The minimum atomic E-state index is -1.89. The molecule has 0 radical (unpaired) electrons. The van der Waals surface area contributed by atoms with Gasteiger partial charge in [-0.25, -0.2) is 4.79 Å². The van der Waals surface area contributed by atoms with Gasteiger partial charge in [0.2, 0.25) is 0 Å². The maximum Gasteiger partial charge on any atom is 0.329 e. The average Bonchev–Trinajstić information content (AvgIpc) is 2.79. The van der Waals surface area contributed by atoms with Crippen LogP contribution in [0.25, 0.3) is 0 Å². The molecule has 3 atom stereocenters. The van der Waals surface area contributed by atoms with Crippen LogP contribution in [0.5, 0.6) is 0 Å². The molecule has 0 saturated carbocycles. The zero-order chi connectivity index (χ0) is 27.8. The molecule has 1 aromatic carbocycles. The van der Waals surface area contributed by atoms with Crippen LogP contribution < -0.4 is 0 Å². The number of Topliss-reactive ketones (excluding diaryl/α,β-unsaturated/α-hetero) is 1. The Morgan fingerprint density at radius 3 is 2.00 bits per heavy atom. The number of nitrogens with zero attached hydrogens (tertiary/aromatic N) is 2. The zero-order valence-electron chi connectivity index (χ0n) is 23.3. The van der Waals surface area contributed by atoms with Gasteiger partial charge in [0.25, 0.3) is 11.8 Å². The van der Waals surface area contributed by atoms with Gasteiger partial charge in [0.1, 0.15) is 17.7 Å². The highest BCUT2D eigenvalue weighted by Crippen LogP contribution is 2.32. The Morgan fingerprint density at radius 2 is 1.56 bits per heavy atom. The number of amides is 2. The summed E-state index contributed by atoms with van der Waals surface area (Å²) in [5, 5.41) is 10.0. The van der Waals surface area contributed by atoms with Crippen molar-refractivity contribution in [2.75, 3.05) is 14.1 Å². The Balaban J connectivity index is 3.66. The van der Waals surface area contributed by atoms with Gasteiger partial charge in [-0.15, -0.1) is 0 Å². The molecule has 0 bridgehead atoms. The fourth-order valence-corrected chi connectivity index (χ4v) is 4.38. The molecule has 8 heteroatoms. The van der Waals surface area contributed by atoms with E-state index in [0.29, 0.717) is 6.42 Å². The number of hydrogen-bond acceptors (Lipinski definition) is 6. The van der Waals surface area contributed by atoms with Gasteiger partial charge >= 0.3 is 5.97 Å². The van der Waals surface area contributed by atoms with E-state index in [1.807, 2.05) is 37.3 Å². The van der Waals surface area contributed by atoms with Gasteiger partial charge in [-0.3, -0.25) is 14.4 Å². The molecule has 1 unspecified atom stereocenters. The number of carbonyl (C=O) groups is 4. The zero-order valence-corrected chi connectivity index (χ0v) is 23.3. The second kappa shape index (κ2) is 13.0. The van der Waals surface area contributed by atoms with Gasteiger partial charge < -0.3 is 19.6 Å². The number of ether oxygens (including phenoxy) is 1. The molecule has 1 aromatic rings. The highest BCUT2D eigenvalue weighted by molar-refractivity contribution is 6.14. The van der Waals surface area contributed by atoms with Crippen LogP contribution in [0.4, 0.5) is 0 Å². The number of aliphatic hydroxyl groups excluding tert-OH is 1. The lowest BCUT2D eigenvalue weighted by Gasteiger charge is -2.45. The molecule has 0 aliphatic rings. The van der Waals surface area contributed by atoms with E-state index in [2.05, 4.69) is 0 Å². The number of ketones is 1. The van der Waals surface area contributed by atoms with Crippen molar-refractivity contribution < 1.29 is 29.0 Å². The first kappa shape index (κ1) is 31.3. The summed E-state index contributed by atoms with van der Waals surface area (Å²) < 4.78 is 5.65. The molecule has 36 heavy (non-hydrogen) atoms. The normalized spacial score (nSPS) is 15.0. The van der Waals surface area contributed by atoms with Crippen molar-refractivity contribution in [1.29, 1.82) is 0 Å². The first-order valence-corrected chi connectivity index (χ1v) is 12.6. The lowest BCUT2D eigenvalue weighted by Crippen LogP contribution is -2.69. The van der Waals surface area contributed by atoms with Crippen LogP contribution in [0.15, 0.2) is 30.3 Å². The Morgan fingerprint density at radius 1 is 1.00 bits per heavy atom. The summed E-state index contributed by atoms with van der Waals surface area (Å²) in [6, 6.07) is 8.19. The minimum Gasteiger partial charge on any atom is -0.458 e. The van der Waals surface area contributed by atoms with Gasteiger partial charge in [0.15, 0.2) is 11.3 Å². The number of likely N-dealkylation sites (N-methyl/N-ethyl adjacent to an activating group) is 2. The first-order valence-electron chi connectivity index (χ1n) is 12.6. The molecule has 0 aliphatic heterocycles. The maximum atomic E-state index is 14.3. The summed E-state index contributed by atoms with van der Waals surface area (Å²) in [6.45, 7) is 11.9. The van der Waals surface area contributed by atoms with Gasteiger partial charge in [-0.05, 0) is 45.6 Å². The minimum absolute atomic E-state index is 0.0848. The molecule has 1 N–H and O–H groups in total. The quantitative estimate of drug-likeness (QED) is 0.346. The van der Waals surface area contributed by atoms with Crippen molar-refractivity contribution in [3.63, 3.8) is 0 Å². The average molecular weight is 505 g/mol. The van der Waals surface area contributed by atoms with Crippen LogP contribution in [0.2, 0.25) is 0 Å². The lowest BCUT2D eigenvalue weighted by molar-refractivity contribution is -0.172. The predicted octanol–water partition coefficient (Wildman–Crippen LogP) is 3.39. The molecule has 0 saturated heterocycles. The third-order valence-electron chi connectivity index (χ3n) is 6.30. The molecule has 0 heterocycles. The van der Waals surface area contributed by atoms with E-state index >= 15 is 0 Å². The first-order chi connectivity index (χ1) is 16.6. The number of rotatable bonds is 12. The number of unbranched alkanes of at least 4 members (excludes halogenated alkanes) is 1. The Bertz CT molecular complexity index is 906. The topological polar surface area (TPSA) is 104 Å². The Labute approximate surface area is 216 Å². The van der Waals surface area contributed by atoms with Crippen molar-refractivity contribution in [3.8, 4) is 0 Å². The van der Waals surface area contributed by atoms with Gasteiger partial charge in [0.05, 0.1) is 0 Å². The number of aliphatic hydroxyl groups is 1. The van der Waals surface area contributed by atoms with Crippen LogP contribution in [-0.4, -0.2) is 75.9 Å². The predicted molar refractivity (Wildman–Crippen MR) is 139 cm³/mol. The van der Waals surface area contributed by atoms with Crippen molar-refractivity contribution in [2.45, 2.75) is 97.4 Å². The van der Waals surface area contributed by atoms with Crippen LogP contribution in [0.1, 0.15) is 73.3 Å². The fraction of sp³-hybridized carbons (Fsp3) is 0.643. The summed E-state index contributed by atoms with van der Waals surface area (Å²) >= 11 is 0. The Kier molecular flexibility index (Phi) is 11.3. The maximum absolute atomic E-state index is 14.3. The second-order valence-corrected chi connectivity index (χ2v) is 10.7. The third kappa shape index (κ3) is 7.38.